The van der Waals surface area contributed by atoms with Crippen molar-refractivity contribution in [2.75, 3.05) is 6.26 Å². The van der Waals surface area contributed by atoms with E-state index in [0.717, 1.165) is 6.26 Å². The van der Waals surface area contributed by atoms with E-state index in [9.17, 15) is 18.0 Å². The van der Waals surface area contributed by atoms with Crippen LogP contribution in [0.5, 0.6) is 0 Å². The van der Waals surface area contributed by atoms with E-state index in [1.54, 1.807) is 54.6 Å². The molecule has 1 heterocycles. The van der Waals surface area contributed by atoms with E-state index in [1.807, 2.05) is 39.8 Å². The van der Waals surface area contributed by atoms with Crippen LogP contribution in [0.25, 0.3) is 6.08 Å². The molecule has 0 aliphatic rings. The van der Waals surface area contributed by atoms with Crippen molar-refractivity contribution in [1.29, 1.82) is 0 Å². The number of rotatable bonds is 7. The molecule has 148 valence electrons. The first-order valence-corrected chi connectivity index (χ1v) is 10.8. The number of hydrogen-bond donors (Lipinski definition) is 1. The van der Waals surface area contributed by atoms with Crippen molar-refractivity contribution in [3.8, 4) is 0 Å². The first-order valence-electron chi connectivity index (χ1n) is 8.88. The molecule has 0 fully saturated rings. The highest BCUT2D eigenvalue weighted by Gasteiger charge is 2.14. The summed E-state index contributed by atoms with van der Waals surface area (Å²) in [5.74, 6) is -0.759. The Hall–Kier alpha value is -3.45. The van der Waals surface area contributed by atoms with Gasteiger partial charge in [-0.2, -0.15) is 0 Å². The lowest BCUT2D eigenvalue weighted by molar-refractivity contribution is 0.0980. The Morgan fingerprint density at radius 1 is 0.966 bits per heavy atom. The number of nitrogens with zero attached hydrogens (tertiary/aromatic N) is 1. The van der Waals surface area contributed by atoms with Crippen LogP contribution in [0.1, 0.15) is 32.0 Å². The minimum absolute atomic E-state index is 0.0723. The van der Waals surface area contributed by atoms with Crippen molar-refractivity contribution < 1.29 is 18.0 Å². The van der Waals surface area contributed by atoms with Gasteiger partial charge in [0.15, 0.2) is 0 Å². The van der Waals surface area contributed by atoms with E-state index in [1.165, 1.54) is 0 Å². The Labute approximate surface area is 169 Å². The fraction of sp³-hybridized carbons (Fsp3) is 0.0909. The quantitative estimate of drug-likeness (QED) is 0.609. The zero-order valence-corrected chi connectivity index (χ0v) is 16.6. The molecule has 1 aromatic heterocycles. The zero-order valence-electron chi connectivity index (χ0n) is 15.8. The number of carbonyl (C=O) groups excluding carboxylic acids is 2. The van der Waals surface area contributed by atoms with Gasteiger partial charge in [-0.25, -0.2) is 13.1 Å². The van der Waals surface area contributed by atoms with E-state index in [4.69, 9.17) is 0 Å². The number of sulfonamides is 1. The summed E-state index contributed by atoms with van der Waals surface area (Å²) >= 11 is 0. The van der Waals surface area contributed by atoms with E-state index in [0.29, 0.717) is 23.4 Å². The summed E-state index contributed by atoms with van der Waals surface area (Å²) in [4.78, 5) is 24.9. The smallest absolute Gasteiger partial charge is 0.265 e. The van der Waals surface area contributed by atoms with Crippen molar-refractivity contribution >= 4 is 27.8 Å². The molecule has 3 aromatic rings. The summed E-state index contributed by atoms with van der Waals surface area (Å²) < 4.78 is 26.4. The second-order valence-electron chi connectivity index (χ2n) is 6.43. The van der Waals surface area contributed by atoms with Crippen LogP contribution >= 0.6 is 0 Å². The molecule has 7 heteroatoms. The van der Waals surface area contributed by atoms with Gasteiger partial charge in [-0.1, -0.05) is 60.7 Å². The number of benzene rings is 2. The molecule has 1 N–H and O–H groups in total. The third-order valence-corrected chi connectivity index (χ3v) is 4.74. The molecule has 3 rings (SSSR count). The summed E-state index contributed by atoms with van der Waals surface area (Å²) in [6, 6.07) is 19.3. The van der Waals surface area contributed by atoms with Gasteiger partial charge in [-0.15, -0.1) is 0 Å². The lowest BCUT2D eigenvalue weighted by Gasteiger charge is -2.07. The second kappa shape index (κ2) is 8.70. The van der Waals surface area contributed by atoms with Crippen molar-refractivity contribution in [1.82, 2.24) is 9.29 Å². The highest BCUT2D eigenvalue weighted by atomic mass is 32.2. The van der Waals surface area contributed by atoms with Gasteiger partial charge in [0, 0.05) is 23.9 Å². The van der Waals surface area contributed by atoms with Gasteiger partial charge in [0.1, 0.15) is 0 Å². The van der Waals surface area contributed by atoms with Crippen molar-refractivity contribution in [2.24, 2.45) is 0 Å². The lowest BCUT2D eigenvalue weighted by atomic mass is 10.1. The van der Waals surface area contributed by atoms with Gasteiger partial charge in [-0.3, -0.25) is 9.59 Å². The Morgan fingerprint density at radius 2 is 1.66 bits per heavy atom. The maximum absolute atomic E-state index is 12.7. The summed E-state index contributed by atoms with van der Waals surface area (Å²) in [6.07, 6.45) is 6.28. The van der Waals surface area contributed by atoms with Crippen LogP contribution in [0.3, 0.4) is 0 Å². The number of amides is 1. The van der Waals surface area contributed by atoms with Crippen LogP contribution in [0.15, 0.2) is 79.0 Å². The molecule has 1 amide bonds. The van der Waals surface area contributed by atoms with Gasteiger partial charge >= 0.3 is 0 Å². The average molecular weight is 408 g/mol. The molecule has 6 nitrogen and oxygen atoms in total. The maximum atomic E-state index is 12.7. The molecule has 0 bridgehead atoms. The van der Waals surface area contributed by atoms with Gasteiger partial charge in [0.25, 0.3) is 5.91 Å². The molecule has 0 atom stereocenters. The molecule has 0 aliphatic heterocycles. The molecule has 0 unspecified atom stereocenters. The van der Waals surface area contributed by atoms with Gasteiger partial charge in [0.05, 0.1) is 11.9 Å². The van der Waals surface area contributed by atoms with Crippen LogP contribution in [-0.4, -0.2) is 30.9 Å². The van der Waals surface area contributed by atoms with E-state index in [2.05, 4.69) is 0 Å². The predicted molar refractivity (Wildman–Crippen MR) is 112 cm³/mol. The van der Waals surface area contributed by atoms with Gasteiger partial charge in [-0.05, 0) is 23.8 Å². The minimum Gasteiger partial charge on any atom is -0.341 e. The topological polar surface area (TPSA) is 85.2 Å². The van der Waals surface area contributed by atoms with E-state index in [-0.39, 0.29) is 11.3 Å². The average Bonchev–Trinajstić information content (AvgIpc) is 3.15. The Bertz CT molecular complexity index is 1160. The summed E-state index contributed by atoms with van der Waals surface area (Å²) in [5.41, 5.74) is 2.00. The van der Waals surface area contributed by atoms with E-state index < -0.39 is 15.9 Å². The second-order valence-corrected chi connectivity index (χ2v) is 8.18. The first kappa shape index (κ1) is 20.3. The molecule has 0 aliphatic carbocycles. The molecule has 0 saturated carbocycles. The summed E-state index contributed by atoms with van der Waals surface area (Å²) in [7, 11) is -3.65. The maximum Gasteiger partial charge on any atom is 0.265 e. The largest absolute Gasteiger partial charge is 0.341 e. The van der Waals surface area contributed by atoms with Crippen molar-refractivity contribution in [3.05, 3.63) is 101 Å². The predicted octanol–water partition coefficient (Wildman–Crippen LogP) is 3.12. The molecule has 0 radical (unpaired) electrons. The molecule has 2 aromatic carbocycles. The molecular formula is C22H20N2O4S. The highest BCUT2D eigenvalue weighted by Crippen LogP contribution is 2.14. The Balaban J connectivity index is 1.78. The standard InChI is InChI=1S/C22H20N2O4S/c1-29(27,28)23-22(26)19-13-6-5-9-17(19)12-7-15-24-16-8-14-20(24)21(25)18-10-3-2-4-11-18/h2-14,16H,15H2,1H3,(H,23,26)/b12-7+. The third kappa shape index (κ3) is 5.30. The SMILES string of the molecule is CS(=O)(=O)NC(=O)c1ccccc1/C=C/Cn1cccc1C(=O)c1ccccc1. The monoisotopic (exact) mass is 408 g/mol. The zero-order chi connectivity index (χ0) is 20.9. The fourth-order valence-corrected chi connectivity index (χ4v) is 3.33. The molecule has 0 spiro atoms. The molecule has 0 saturated heterocycles. The number of allylic oxidation sites excluding steroid dienone is 1. The molecular weight excluding hydrogens is 388 g/mol. The summed E-state index contributed by atoms with van der Waals surface area (Å²) in [5, 5.41) is 0. The van der Waals surface area contributed by atoms with Crippen LogP contribution in [0.2, 0.25) is 0 Å². The minimum atomic E-state index is -3.65. The van der Waals surface area contributed by atoms with Crippen LogP contribution < -0.4 is 4.72 Å². The number of nitrogens with one attached hydrogen (secondary N) is 1. The van der Waals surface area contributed by atoms with Crippen LogP contribution in [0, 0.1) is 0 Å². The van der Waals surface area contributed by atoms with Gasteiger partial charge in [0.2, 0.25) is 15.8 Å². The first-order chi connectivity index (χ1) is 13.8. The Morgan fingerprint density at radius 3 is 2.38 bits per heavy atom. The highest BCUT2D eigenvalue weighted by molar-refractivity contribution is 7.89. The van der Waals surface area contributed by atoms with Crippen molar-refractivity contribution in [2.45, 2.75) is 6.54 Å². The Kier molecular flexibility index (Phi) is 6.09. The van der Waals surface area contributed by atoms with Crippen molar-refractivity contribution in [3.63, 3.8) is 0 Å². The van der Waals surface area contributed by atoms with Crippen LogP contribution in [0.4, 0.5) is 0 Å². The molecule has 29 heavy (non-hydrogen) atoms. The van der Waals surface area contributed by atoms with Crippen LogP contribution in [-0.2, 0) is 16.6 Å². The third-order valence-electron chi connectivity index (χ3n) is 4.18. The number of aromatic nitrogens is 1. The van der Waals surface area contributed by atoms with E-state index >= 15 is 0 Å². The number of ketones is 1. The number of hydrogen-bond acceptors (Lipinski definition) is 4. The fourth-order valence-electron chi connectivity index (χ4n) is 2.88. The number of carbonyl (C=O) groups is 2. The lowest BCUT2D eigenvalue weighted by Crippen LogP contribution is -2.29. The van der Waals surface area contributed by atoms with Gasteiger partial charge < -0.3 is 4.57 Å². The normalized spacial score (nSPS) is 11.5. The summed E-state index contributed by atoms with van der Waals surface area (Å²) in [6.45, 7) is 0.420.